The Kier molecular flexibility index (Phi) is 6.57. The molecule has 0 fully saturated rings. The SMILES string of the molecule is CC(C)c1cnc(BCC(c2ccccc2)c2ccccc2)n1-c1ccc(F)cc1Cl. The summed E-state index contributed by atoms with van der Waals surface area (Å²) in [5.41, 5.74) is 5.36. The van der Waals surface area contributed by atoms with Crippen molar-refractivity contribution in [2.75, 3.05) is 0 Å². The minimum Gasteiger partial charge on any atom is -0.307 e. The van der Waals surface area contributed by atoms with Gasteiger partial charge in [-0.05, 0) is 35.2 Å². The van der Waals surface area contributed by atoms with E-state index in [1.165, 1.54) is 23.3 Å². The molecule has 5 heteroatoms. The molecule has 0 saturated carbocycles. The lowest BCUT2D eigenvalue weighted by Crippen LogP contribution is -2.28. The molecule has 0 atom stereocenters. The molecule has 0 spiro atoms. The summed E-state index contributed by atoms with van der Waals surface area (Å²) in [5, 5.41) is 0.392. The fraction of sp³-hybridized carbons (Fsp3) is 0.192. The molecule has 156 valence electrons. The molecule has 0 N–H and O–H groups in total. The Hall–Kier alpha value is -2.85. The normalized spacial score (nSPS) is 11.3. The minimum absolute atomic E-state index is 0.263. The third kappa shape index (κ3) is 4.75. The molecule has 4 aromatic rings. The molecule has 2 nitrogen and oxygen atoms in total. The Morgan fingerprint density at radius 2 is 1.55 bits per heavy atom. The van der Waals surface area contributed by atoms with Gasteiger partial charge in [-0.2, -0.15) is 0 Å². The van der Waals surface area contributed by atoms with Crippen molar-refractivity contribution in [3.63, 3.8) is 0 Å². The van der Waals surface area contributed by atoms with Crippen LogP contribution < -0.4 is 5.72 Å². The molecule has 0 aliphatic heterocycles. The van der Waals surface area contributed by atoms with E-state index in [-0.39, 0.29) is 17.7 Å². The molecular weight excluding hydrogens is 406 g/mol. The summed E-state index contributed by atoms with van der Waals surface area (Å²) in [5.74, 6) is 0.190. The molecule has 4 rings (SSSR count). The third-order valence-corrected chi connectivity index (χ3v) is 5.97. The highest BCUT2D eigenvalue weighted by molar-refractivity contribution is 6.52. The van der Waals surface area contributed by atoms with Crippen LogP contribution in [0.4, 0.5) is 4.39 Å². The summed E-state index contributed by atoms with van der Waals surface area (Å²) in [6.07, 6.45) is 2.82. The summed E-state index contributed by atoms with van der Waals surface area (Å²) in [6, 6.07) is 25.7. The first-order valence-electron chi connectivity index (χ1n) is 10.7. The molecule has 1 aromatic heterocycles. The monoisotopic (exact) mass is 430 g/mol. The molecule has 0 unspecified atom stereocenters. The molecule has 1 heterocycles. The predicted octanol–water partition coefficient (Wildman–Crippen LogP) is 6.10. The van der Waals surface area contributed by atoms with Crippen LogP contribution in [0.2, 0.25) is 11.3 Å². The Balaban J connectivity index is 1.70. The first-order chi connectivity index (χ1) is 15.0. The summed E-state index contributed by atoms with van der Waals surface area (Å²) >= 11 is 6.44. The van der Waals surface area contributed by atoms with Crippen molar-refractivity contribution < 1.29 is 4.39 Å². The van der Waals surface area contributed by atoms with E-state index in [9.17, 15) is 4.39 Å². The van der Waals surface area contributed by atoms with Crippen molar-refractivity contribution in [2.45, 2.75) is 32.0 Å². The molecule has 0 bridgehead atoms. The summed E-state index contributed by atoms with van der Waals surface area (Å²) in [6.45, 7) is 4.26. The van der Waals surface area contributed by atoms with Crippen LogP contribution in [0, 0.1) is 5.82 Å². The van der Waals surface area contributed by atoms with Crippen LogP contribution in [0.3, 0.4) is 0 Å². The maximum Gasteiger partial charge on any atom is 0.206 e. The van der Waals surface area contributed by atoms with Crippen molar-refractivity contribution >= 4 is 24.6 Å². The maximum absolute atomic E-state index is 13.7. The van der Waals surface area contributed by atoms with Gasteiger partial charge < -0.3 is 4.57 Å². The van der Waals surface area contributed by atoms with Crippen molar-refractivity contribution in [3.05, 3.63) is 113 Å². The number of halogens is 2. The number of aromatic nitrogens is 2. The average Bonchev–Trinajstić information content (AvgIpc) is 3.19. The van der Waals surface area contributed by atoms with Gasteiger partial charge in [-0.25, -0.2) is 4.39 Å². The minimum atomic E-state index is -0.338. The topological polar surface area (TPSA) is 17.8 Å². The molecule has 0 aliphatic rings. The van der Waals surface area contributed by atoms with Gasteiger partial charge in [0.25, 0.3) is 0 Å². The Morgan fingerprint density at radius 1 is 0.935 bits per heavy atom. The summed E-state index contributed by atoms with van der Waals surface area (Å²) in [7, 11) is 0.773. The Morgan fingerprint density at radius 3 is 2.10 bits per heavy atom. The van der Waals surface area contributed by atoms with Gasteiger partial charge in [-0.3, -0.25) is 4.98 Å². The highest BCUT2D eigenvalue weighted by Crippen LogP contribution is 2.29. The smallest absolute Gasteiger partial charge is 0.206 e. The second kappa shape index (κ2) is 9.53. The standard InChI is InChI=1S/C26H25BClFN2/c1-18(2)25-17-30-26(31(25)24-14-13-21(29)15-23(24)28)27-16-22(19-9-5-3-6-10-19)20-11-7-4-8-12-20/h3-15,17-18,22,27H,16H2,1-2H3. The Bertz CT molecular complexity index is 1100. The van der Waals surface area contributed by atoms with Gasteiger partial charge in [0.1, 0.15) is 5.82 Å². The summed E-state index contributed by atoms with van der Waals surface area (Å²) < 4.78 is 15.8. The van der Waals surface area contributed by atoms with Gasteiger partial charge in [0.05, 0.1) is 16.4 Å². The fourth-order valence-corrected chi connectivity index (χ4v) is 4.35. The number of nitrogens with zero attached hydrogens (tertiary/aromatic N) is 2. The van der Waals surface area contributed by atoms with Gasteiger partial charge in [0.15, 0.2) is 0 Å². The highest BCUT2D eigenvalue weighted by atomic mass is 35.5. The van der Waals surface area contributed by atoms with Crippen LogP contribution >= 0.6 is 11.6 Å². The van der Waals surface area contributed by atoms with E-state index < -0.39 is 0 Å². The molecule has 0 amide bonds. The van der Waals surface area contributed by atoms with E-state index in [4.69, 9.17) is 16.6 Å². The summed E-state index contributed by atoms with van der Waals surface area (Å²) in [4.78, 5) is 4.75. The van der Waals surface area contributed by atoms with Gasteiger partial charge in [0.2, 0.25) is 7.28 Å². The van der Waals surface area contributed by atoms with E-state index in [0.717, 1.165) is 30.7 Å². The first kappa shape index (κ1) is 21.4. The maximum atomic E-state index is 13.7. The Labute approximate surface area is 189 Å². The van der Waals surface area contributed by atoms with Crippen LogP contribution in [0.25, 0.3) is 5.69 Å². The van der Waals surface area contributed by atoms with Crippen LogP contribution in [0.5, 0.6) is 0 Å². The van der Waals surface area contributed by atoms with Crippen LogP contribution in [0.15, 0.2) is 85.1 Å². The lowest BCUT2D eigenvalue weighted by molar-refractivity contribution is 0.627. The van der Waals surface area contributed by atoms with Gasteiger partial charge >= 0.3 is 0 Å². The zero-order valence-electron chi connectivity index (χ0n) is 17.8. The van der Waals surface area contributed by atoms with Crippen LogP contribution in [0.1, 0.15) is 42.5 Å². The third-order valence-electron chi connectivity index (χ3n) is 5.66. The van der Waals surface area contributed by atoms with Crippen molar-refractivity contribution in [1.82, 2.24) is 9.55 Å². The van der Waals surface area contributed by atoms with Crippen LogP contribution in [-0.4, -0.2) is 16.8 Å². The molecule has 0 saturated heterocycles. The van der Waals surface area contributed by atoms with Crippen molar-refractivity contribution in [2.24, 2.45) is 0 Å². The number of hydrogen-bond acceptors (Lipinski definition) is 1. The van der Waals surface area contributed by atoms with Crippen molar-refractivity contribution in [3.8, 4) is 5.69 Å². The largest absolute Gasteiger partial charge is 0.307 e. The highest BCUT2D eigenvalue weighted by Gasteiger charge is 2.20. The number of rotatable bonds is 7. The molecule has 31 heavy (non-hydrogen) atoms. The van der Waals surface area contributed by atoms with Crippen molar-refractivity contribution in [1.29, 1.82) is 0 Å². The second-order valence-electron chi connectivity index (χ2n) is 8.10. The zero-order chi connectivity index (χ0) is 21.8. The second-order valence-corrected chi connectivity index (χ2v) is 8.50. The lowest BCUT2D eigenvalue weighted by Gasteiger charge is -2.19. The number of benzene rings is 3. The zero-order valence-corrected chi connectivity index (χ0v) is 18.6. The predicted molar refractivity (Wildman–Crippen MR) is 129 cm³/mol. The van der Waals surface area contributed by atoms with E-state index in [1.807, 2.05) is 18.3 Å². The van der Waals surface area contributed by atoms with Crippen LogP contribution in [-0.2, 0) is 0 Å². The van der Waals surface area contributed by atoms with Gasteiger partial charge in [-0.1, -0.05) is 92.4 Å². The van der Waals surface area contributed by atoms with Gasteiger partial charge in [0, 0.05) is 17.8 Å². The van der Waals surface area contributed by atoms with E-state index in [1.54, 1.807) is 6.07 Å². The average molecular weight is 431 g/mol. The molecular formula is C26H25BClFN2. The molecule has 3 aromatic carbocycles. The van der Waals surface area contributed by atoms with Gasteiger partial charge in [-0.15, -0.1) is 0 Å². The van der Waals surface area contributed by atoms with E-state index in [2.05, 4.69) is 66.9 Å². The first-order valence-corrected chi connectivity index (χ1v) is 11.0. The molecule has 0 aliphatic carbocycles. The van der Waals surface area contributed by atoms with E-state index in [0.29, 0.717) is 5.02 Å². The molecule has 0 radical (unpaired) electrons. The quantitative estimate of drug-likeness (QED) is 0.324. The van der Waals surface area contributed by atoms with E-state index >= 15 is 0 Å². The lowest BCUT2D eigenvalue weighted by atomic mass is 9.65. The number of imidazole rings is 1. The number of hydrogen-bond donors (Lipinski definition) is 0. The fourth-order valence-electron chi connectivity index (χ4n) is 4.10.